The number of hydrogen-bond donors (Lipinski definition) is 2. The van der Waals surface area contributed by atoms with Gasteiger partial charge in [-0.2, -0.15) is 0 Å². The Kier molecular flexibility index (Phi) is 3.61. The summed E-state index contributed by atoms with van der Waals surface area (Å²) < 4.78 is 0. The van der Waals surface area contributed by atoms with E-state index in [4.69, 9.17) is 11.6 Å². The molecule has 4 heteroatoms. The van der Waals surface area contributed by atoms with Gasteiger partial charge in [0.15, 0.2) is 0 Å². The first-order valence-electron chi connectivity index (χ1n) is 6.67. The number of aryl methyl sites for hydroxylation is 1. The van der Waals surface area contributed by atoms with Crippen LogP contribution in [-0.4, -0.2) is 12.5 Å². The van der Waals surface area contributed by atoms with Crippen LogP contribution in [0.4, 0.5) is 11.4 Å². The zero-order valence-corrected chi connectivity index (χ0v) is 11.7. The van der Waals surface area contributed by atoms with Crippen molar-refractivity contribution in [3.63, 3.8) is 0 Å². The lowest BCUT2D eigenvalue weighted by Gasteiger charge is -2.18. The Balaban J connectivity index is 1.82. The van der Waals surface area contributed by atoms with Crippen molar-refractivity contribution in [1.82, 2.24) is 0 Å². The topological polar surface area (TPSA) is 41.1 Å². The van der Waals surface area contributed by atoms with E-state index in [2.05, 4.69) is 10.6 Å². The number of carbonyl (C=O) groups excluding carboxylic acids is 1. The lowest BCUT2D eigenvalue weighted by Crippen LogP contribution is -2.15. The van der Waals surface area contributed by atoms with Crippen LogP contribution in [0.1, 0.15) is 22.3 Å². The monoisotopic (exact) mass is 286 g/mol. The molecule has 0 bridgehead atoms. The molecule has 2 aromatic carbocycles. The summed E-state index contributed by atoms with van der Waals surface area (Å²) in [7, 11) is 0. The van der Waals surface area contributed by atoms with Crippen LogP contribution in [0.2, 0.25) is 5.02 Å². The summed E-state index contributed by atoms with van der Waals surface area (Å²) in [5.74, 6) is -0.133. The fourth-order valence-electron chi connectivity index (χ4n) is 2.37. The molecule has 0 saturated heterocycles. The van der Waals surface area contributed by atoms with E-state index >= 15 is 0 Å². The van der Waals surface area contributed by atoms with Crippen LogP contribution in [0.15, 0.2) is 42.5 Å². The van der Waals surface area contributed by atoms with Crippen LogP contribution in [0.3, 0.4) is 0 Å². The van der Waals surface area contributed by atoms with Crippen molar-refractivity contribution in [2.24, 2.45) is 0 Å². The van der Waals surface area contributed by atoms with Crippen molar-refractivity contribution in [2.45, 2.75) is 12.8 Å². The highest BCUT2D eigenvalue weighted by Crippen LogP contribution is 2.25. The van der Waals surface area contributed by atoms with Gasteiger partial charge in [-0.3, -0.25) is 4.79 Å². The molecule has 1 amide bonds. The van der Waals surface area contributed by atoms with Crippen molar-refractivity contribution < 1.29 is 4.79 Å². The first-order chi connectivity index (χ1) is 9.74. The van der Waals surface area contributed by atoms with Crippen LogP contribution >= 0.6 is 11.6 Å². The van der Waals surface area contributed by atoms with E-state index in [1.54, 1.807) is 12.1 Å². The van der Waals surface area contributed by atoms with Gasteiger partial charge in [0.2, 0.25) is 0 Å². The molecule has 102 valence electrons. The molecule has 2 aromatic rings. The van der Waals surface area contributed by atoms with Crippen molar-refractivity contribution in [3.05, 3.63) is 58.6 Å². The van der Waals surface area contributed by atoms with Gasteiger partial charge in [0.1, 0.15) is 0 Å². The summed E-state index contributed by atoms with van der Waals surface area (Å²) in [6.45, 7) is 0.998. The van der Waals surface area contributed by atoms with Gasteiger partial charge in [-0.05, 0) is 48.7 Å². The molecule has 3 rings (SSSR count). The van der Waals surface area contributed by atoms with Gasteiger partial charge < -0.3 is 10.6 Å². The highest BCUT2D eigenvalue weighted by atomic mass is 35.5. The smallest absolute Gasteiger partial charge is 0.255 e. The van der Waals surface area contributed by atoms with Crippen molar-refractivity contribution >= 4 is 28.9 Å². The predicted molar refractivity (Wildman–Crippen MR) is 82.7 cm³/mol. The quantitative estimate of drug-likeness (QED) is 0.878. The second kappa shape index (κ2) is 5.55. The normalized spacial score (nSPS) is 13.2. The minimum Gasteiger partial charge on any atom is -0.385 e. The molecular weight excluding hydrogens is 272 g/mol. The van der Waals surface area contributed by atoms with Crippen LogP contribution in [0, 0.1) is 0 Å². The molecule has 0 saturated carbocycles. The molecule has 3 nitrogen and oxygen atoms in total. The first-order valence-corrected chi connectivity index (χ1v) is 7.04. The summed E-state index contributed by atoms with van der Waals surface area (Å²) in [6, 6.07) is 13.0. The molecule has 0 spiro atoms. The molecule has 1 aliphatic heterocycles. The van der Waals surface area contributed by atoms with Crippen molar-refractivity contribution in [1.29, 1.82) is 0 Å². The molecule has 20 heavy (non-hydrogen) atoms. The largest absolute Gasteiger partial charge is 0.385 e. The van der Waals surface area contributed by atoms with Gasteiger partial charge in [-0.25, -0.2) is 0 Å². The van der Waals surface area contributed by atoms with Crippen molar-refractivity contribution in [2.75, 3.05) is 17.2 Å². The average molecular weight is 287 g/mol. The lowest BCUT2D eigenvalue weighted by molar-refractivity contribution is 0.102. The molecule has 0 unspecified atom stereocenters. The molecular formula is C16H15ClN2O. The molecule has 0 atom stereocenters. The second-order valence-electron chi connectivity index (χ2n) is 4.84. The molecule has 2 N–H and O–H groups in total. The van der Waals surface area contributed by atoms with E-state index in [0.29, 0.717) is 16.3 Å². The van der Waals surface area contributed by atoms with E-state index in [-0.39, 0.29) is 5.91 Å². The number of rotatable bonds is 2. The van der Waals surface area contributed by atoms with Crippen LogP contribution in [-0.2, 0) is 6.42 Å². The summed E-state index contributed by atoms with van der Waals surface area (Å²) in [6.07, 6.45) is 2.11. The van der Waals surface area contributed by atoms with Gasteiger partial charge in [0, 0.05) is 17.8 Å². The van der Waals surface area contributed by atoms with Crippen molar-refractivity contribution in [3.8, 4) is 0 Å². The Morgan fingerprint density at radius 3 is 2.90 bits per heavy atom. The highest BCUT2D eigenvalue weighted by Gasteiger charge is 2.13. The number of fused-ring (bicyclic) bond motifs is 1. The fraction of sp³-hybridized carbons (Fsp3) is 0.188. The van der Waals surface area contributed by atoms with Crippen LogP contribution in [0.5, 0.6) is 0 Å². The minimum absolute atomic E-state index is 0.133. The SMILES string of the molecule is O=C(Nc1ccccc1Cl)c1ccc2c(c1)CCCN2. The third-order valence-electron chi connectivity index (χ3n) is 3.43. The standard InChI is InChI=1S/C16H15ClN2O/c17-13-5-1-2-6-15(13)19-16(20)12-7-8-14-11(10-12)4-3-9-18-14/h1-2,5-8,10,18H,3-4,9H2,(H,19,20). The van der Waals surface area contributed by atoms with E-state index in [9.17, 15) is 4.79 Å². The molecule has 0 aliphatic carbocycles. The fourth-order valence-corrected chi connectivity index (χ4v) is 2.56. The summed E-state index contributed by atoms with van der Waals surface area (Å²) in [4.78, 5) is 12.3. The van der Waals surface area contributed by atoms with Gasteiger partial charge in [-0.15, -0.1) is 0 Å². The number of benzene rings is 2. The maximum Gasteiger partial charge on any atom is 0.255 e. The average Bonchev–Trinajstić information content (AvgIpc) is 2.49. The maximum atomic E-state index is 12.3. The minimum atomic E-state index is -0.133. The third kappa shape index (κ3) is 2.63. The number of para-hydroxylation sites is 1. The molecule has 1 heterocycles. The maximum absolute atomic E-state index is 12.3. The number of amides is 1. The van der Waals surface area contributed by atoms with E-state index in [1.165, 1.54) is 5.56 Å². The lowest BCUT2D eigenvalue weighted by atomic mass is 10.0. The number of nitrogens with one attached hydrogen (secondary N) is 2. The van der Waals surface area contributed by atoms with Gasteiger partial charge in [0.05, 0.1) is 10.7 Å². The Morgan fingerprint density at radius 1 is 1.20 bits per heavy atom. The zero-order valence-electron chi connectivity index (χ0n) is 10.9. The van der Waals surface area contributed by atoms with Gasteiger partial charge in [-0.1, -0.05) is 23.7 Å². The molecule has 0 radical (unpaired) electrons. The predicted octanol–water partition coefficient (Wildman–Crippen LogP) is 3.95. The number of anilines is 2. The van der Waals surface area contributed by atoms with Gasteiger partial charge >= 0.3 is 0 Å². The number of carbonyl (C=O) groups is 1. The zero-order chi connectivity index (χ0) is 13.9. The Labute approximate surface area is 123 Å². The molecule has 1 aliphatic rings. The first kappa shape index (κ1) is 13.0. The highest BCUT2D eigenvalue weighted by molar-refractivity contribution is 6.33. The summed E-state index contributed by atoms with van der Waals surface area (Å²) >= 11 is 6.05. The second-order valence-corrected chi connectivity index (χ2v) is 5.24. The number of hydrogen-bond acceptors (Lipinski definition) is 2. The number of halogens is 1. The van der Waals surface area contributed by atoms with Crippen LogP contribution < -0.4 is 10.6 Å². The Bertz CT molecular complexity index is 655. The molecule has 0 fully saturated rings. The summed E-state index contributed by atoms with van der Waals surface area (Å²) in [5.41, 5.74) is 3.62. The van der Waals surface area contributed by atoms with E-state index < -0.39 is 0 Å². The third-order valence-corrected chi connectivity index (χ3v) is 3.76. The Hall–Kier alpha value is -2.00. The van der Waals surface area contributed by atoms with E-state index in [0.717, 1.165) is 25.1 Å². The summed E-state index contributed by atoms with van der Waals surface area (Å²) in [5, 5.41) is 6.72. The van der Waals surface area contributed by atoms with Crippen LogP contribution in [0.25, 0.3) is 0 Å². The van der Waals surface area contributed by atoms with E-state index in [1.807, 2.05) is 30.3 Å². The van der Waals surface area contributed by atoms with Gasteiger partial charge in [0.25, 0.3) is 5.91 Å². The Morgan fingerprint density at radius 2 is 2.05 bits per heavy atom. The molecule has 0 aromatic heterocycles.